The molecule has 19 nitrogen and oxygen atoms in total. The number of aliphatic hydroxyl groups excluding tert-OH is 3. The van der Waals surface area contributed by atoms with E-state index in [0.717, 1.165) is 50.2 Å². The second kappa shape index (κ2) is 23.1. The number of benzene rings is 4. The predicted octanol–water partition coefficient (Wildman–Crippen LogP) is 4.06. The first kappa shape index (κ1) is 57.0. The maximum absolute atomic E-state index is 16.2. The minimum Gasteiger partial charge on any atom is -0.507 e. The van der Waals surface area contributed by atoms with Crippen LogP contribution in [-0.2, 0) is 52.2 Å². The van der Waals surface area contributed by atoms with Gasteiger partial charge in [0, 0.05) is 65.3 Å². The van der Waals surface area contributed by atoms with Gasteiger partial charge in [0.05, 0.1) is 48.7 Å². The molecule has 11 rings (SSSR count). The van der Waals surface area contributed by atoms with E-state index < -0.39 is 108 Å². The Labute approximate surface area is 474 Å². The second-order valence-electron chi connectivity index (χ2n) is 23.1. The molecular formula is C63H70N4O15. The topological polar surface area (TPSA) is 323 Å². The first-order valence-corrected chi connectivity index (χ1v) is 28.5. The van der Waals surface area contributed by atoms with Crippen molar-refractivity contribution < 1.29 is 73.9 Å². The molecular weight excluding hydrogens is 1050 g/mol. The third-order valence-corrected chi connectivity index (χ3v) is 17.9. The van der Waals surface area contributed by atoms with Gasteiger partial charge in [-0.15, -0.1) is 0 Å². The van der Waals surface area contributed by atoms with Crippen LogP contribution in [0.3, 0.4) is 0 Å². The van der Waals surface area contributed by atoms with E-state index in [2.05, 4.69) is 22.2 Å². The first-order chi connectivity index (χ1) is 39.4. The minimum atomic E-state index is -3.07. The molecule has 2 aliphatic heterocycles. The third kappa shape index (κ3) is 10.5. The van der Waals surface area contributed by atoms with Crippen LogP contribution in [0.2, 0.25) is 0 Å². The molecule has 2 saturated carbocycles. The fraction of sp³-hybridized carbons (Fsp3) is 0.476. The van der Waals surface area contributed by atoms with Gasteiger partial charge in [0.15, 0.2) is 29.9 Å². The molecule has 3 fully saturated rings. The number of carbonyl (C=O) groups excluding carboxylic acids is 4. The molecule has 2 heterocycles. The second-order valence-corrected chi connectivity index (χ2v) is 23.1. The van der Waals surface area contributed by atoms with E-state index in [9.17, 15) is 45.3 Å². The Kier molecular flexibility index (Phi) is 16.0. The molecule has 1 saturated heterocycles. The van der Waals surface area contributed by atoms with Crippen molar-refractivity contribution >= 4 is 41.9 Å². The van der Waals surface area contributed by atoms with Crippen molar-refractivity contribution in [1.29, 1.82) is 0 Å². The number of ketones is 2. The molecule has 19 heteroatoms. The summed E-state index contributed by atoms with van der Waals surface area (Å²) >= 11 is 0. The maximum Gasteiger partial charge on any atom is 0.308 e. The number of nitrogens with two attached hydrogens (primary N) is 2. The highest BCUT2D eigenvalue weighted by Crippen LogP contribution is 2.53. The zero-order chi connectivity index (χ0) is 57.8. The molecule has 12 N–H and O–H groups in total. The van der Waals surface area contributed by atoms with Crippen molar-refractivity contribution in [3.05, 3.63) is 120 Å². The lowest BCUT2D eigenvalue weighted by molar-refractivity contribution is -0.386. The summed E-state index contributed by atoms with van der Waals surface area (Å²) in [4.78, 5) is 62.7. The molecule has 0 aromatic heterocycles. The normalized spacial score (nSPS) is 27.6. The van der Waals surface area contributed by atoms with E-state index in [1.807, 2.05) is 18.2 Å². The number of nitrogens with zero attached hydrogens (tertiary/aromatic N) is 1. The number of aromatic hydroxyl groups is 1. The maximum atomic E-state index is 16.2. The number of guanidine groups is 1. The largest absolute Gasteiger partial charge is 0.507 e. The molecule has 0 amide bonds. The van der Waals surface area contributed by atoms with Gasteiger partial charge in [0.25, 0.3) is 0 Å². The van der Waals surface area contributed by atoms with Crippen LogP contribution in [0.1, 0.15) is 170 Å². The van der Waals surface area contributed by atoms with Crippen LogP contribution in [0, 0.1) is 23.7 Å². The monoisotopic (exact) mass is 1120 g/mol. The zero-order valence-corrected chi connectivity index (χ0v) is 45.7. The summed E-state index contributed by atoms with van der Waals surface area (Å²) in [6, 6.07) is 10.8. The molecule has 5 aliphatic carbocycles. The van der Waals surface area contributed by atoms with E-state index in [1.165, 1.54) is 12.1 Å². The number of aliphatic hydroxyl groups is 6. The van der Waals surface area contributed by atoms with E-state index in [1.54, 1.807) is 24.3 Å². The molecule has 7 aliphatic rings. The van der Waals surface area contributed by atoms with Gasteiger partial charge in [0.2, 0.25) is 12.1 Å². The highest BCUT2D eigenvalue weighted by molar-refractivity contribution is 6.32. The highest BCUT2D eigenvalue weighted by atomic mass is 16.7. The van der Waals surface area contributed by atoms with Crippen LogP contribution in [0.5, 0.6) is 17.2 Å². The smallest absolute Gasteiger partial charge is 0.308 e. The number of rotatable bonds is 11. The Morgan fingerprint density at radius 1 is 0.939 bits per heavy atom. The number of ether oxygens (including phenoxy) is 4. The number of fused-ring (bicyclic) bond motifs is 5. The lowest BCUT2D eigenvalue weighted by Crippen LogP contribution is -2.69. The molecule has 9 atom stereocenters. The Hall–Kier alpha value is -6.83. The molecule has 82 heavy (non-hydrogen) atoms. The summed E-state index contributed by atoms with van der Waals surface area (Å²) in [7, 11) is 0. The van der Waals surface area contributed by atoms with E-state index in [4.69, 9.17) is 30.4 Å². The van der Waals surface area contributed by atoms with Crippen LogP contribution in [0.15, 0.2) is 47.5 Å². The van der Waals surface area contributed by atoms with Crippen molar-refractivity contribution in [2.75, 3.05) is 13.2 Å². The Balaban J connectivity index is 1.17. The number of aldehydes is 1. The van der Waals surface area contributed by atoms with Crippen molar-refractivity contribution in [2.24, 2.45) is 28.3 Å². The van der Waals surface area contributed by atoms with E-state index in [-0.39, 0.29) is 94.1 Å². The number of phenols is 1. The predicted molar refractivity (Wildman–Crippen MR) is 299 cm³/mol. The summed E-state index contributed by atoms with van der Waals surface area (Å²) in [6.45, 7) is 0.444. The van der Waals surface area contributed by atoms with E-state index >= 15 is 9.59 Å². The van der Waals surface area contributed by atoms with E-state index in [0.29, 0.717) is 61.6 Å². The van der Waals surface area contributed by atoms with Crippen LogP contribution < -0.4 is 26.3 Å². The number of aliphatic imine (C=N–C) groups is 1. The van der Waals surface area contributed by atoms with Crippen molar-refractivity contribution in [3.63, 3.8) is 0 Å². The Morgan fingerprint density at radius 3 is 2.49 bits per heavy atom. The molecule has 4 aromatic rings. The number of carbonyl (C=O) groups is 4. The first-order valence-electron chi connectivity index (χ1n) is 28.5. The van der Waals surface area contributed by atoms with Crippen LogP contribution in [-0.4, -0.2) is 127 Å². The third-order valence-electron chi connectivity index (χ3n) is 17.9. The number of aryl methyl sites for hydroxylation is 1. The molecule has 9 unspecified atom stereocenters. The standard InChI is InChI=1S/C63H70N4O15/c1-32(70)80-47-28-38(29-68)48-49-43(47)21-14-33-7-4-8-34(25-33)26-42(71)20-19-40(64)12-5-13-44-50(55(49)74)51(54(48)73)53(72)45(27-37-16-15-35-17-18-39-11-6-23-62(39,76)52(35)46(37)30-69)57(44)82-60-59(79-31-41-22-24-66-61(65)67-41)63(77,78)58(75)56(81-60)36-9-2-3-10-36/h4,7-8,14-16,21,25,28,30,36,39-42,56,58-60,68,71-72,75-78H,2-3,6,9-11,13,17-20,22-24,26-27,29,31,64H2,1H3,(H3,65,66,67). The lowest BCUT2D eigenvalue weighted by atomic mass is 9.70. The molecule has 4 aromatic carbocycles. The molecule has 0 radical (unpaired) electrons. The summed E-state index contributed by atoms with van der Waals surface area (Å²) < 4.78 is 25.9. The molecule has 432 valence electrons. The van der Waals surface area contributed by atoms with Gasteiger partial charge in [-0.25, -0.2) is 0 Å². The number of hydrogen-bond donors (Lipinski definition) is 10. The number of esters is 1. The Bertz CT molecular complexity index is 3350. The zero-order valence-electron chi connectivity index (χ0n) is 45.7. The van der Waals surface area contributed by atoms with Gasteiger partial charge >= 0.3 is 5.97 Å². The van der Waals surface area contributed by atoms with Crippen molar-refractivity contribution in [1.82, 2.24) is 5.32 Å². The van der Waals surface area contributed by atoms with Crippen LogP contribution >= 0.6 is 0 Å². The number of nitrogens with one attached hydrogen (secondary N) is 1. The summed E-state index contributed by atoms with van der Waals surface area (Å²) in [5.74, 6) is -1.13. The van der Waals surface area contributed by atoms with Crippen LogP contribution in [0.4, 0.5) is 0 Å². The SMILES string of the molecule is CC(=O)Oc1cc(CO)c2c3c1C=Cc1cccc(c1)CC(O)CCC(N)C#CCc1c(OC4OC(C5CCCC5)C(O)C(O)(O)C4OCC4CCN=C(N)N4)c(Cc4ccc5c(c4C=O)C4(O)CCCC4CC5)c(O)c(c1C3=O)C2=O. The van der Waals surface area contributed by atoms with Crippen LogP contribution in [0.25, 0.3) is 12.2 Å². The summed E-state index contributed by atoms with van der Waals surface area (Å²) in [6.07, 6.45) is 2.29. The highest BCUT2D eigenvalue weighted by Gasteiger charge is 2.59. The number of hydrogen-bond acceptors (Lipinski definition) is 19. The lowest BCUT2D eigenvalue weighted by Gasteiger charge is -2.48. The average Bonchev–Trinajstić information content (AvgIpc) is 1.04. The van der Waals surface area contributed by atoms with Gasteiger partial charge in [-0.1, -0.05) is 67.2 Å². The minimum absolute atomic E-state index is 0.0271. The van der Waals surface area contributed by atoms with Crippen molar-refractivity contribution in [2.45, 2.75) is 164 Å². The molecule has 0 spiro atoms. The Morgan fingerprint density at radius 2 is 1.73 bits per heavy atom. The number of phenolic OH excluding ortho intramolecular Hbond substituents is 1. The van der Waals surface area contributed by atoms with Gasteiger partial charge < -0.3 is 71.5 Å². The van der Waals surface area contributed by atoms with Crippen molar-refractivity contribution in [3.8, 4) is 29.1 Å². The summed E-state index contributed by atoms with van der Waals surface area (Å²) in [5.41, 5.74) is 12.6. The van der Waals surface area contributed by atoms with Gasteiger partial charge in [-0.2, -0.15) is 0 Å². The quantitative estimate of drug-likeness (QED) is 0.0293. The average molecular weight is 1120 g/mol. The molecule has 4 bridgehead atoms. The fourth-order valence-corrected chi connectivity index (χ4v) is 13.9. The van der Waals surface area contributed by atoms with Gasteiger partial charge in [0.1, 0.15) is 23.4 Å². The van der Waals surface area contributed by atoms with Gasteiger partial charge in [-0.05, 0) is 128 Å². The van der Waals surface area contributed by atoms with Gasteiger partial charge in [-0.3, -0.25) is 24.2 Å². The summed E-state index contributed by atoms with van der Waals surface area (Å²) in [5, 5.41) is 87.4. The fourth-order valence-electron chi connectivity index (χ4n) is 13.9.